The molecule has 1 aromatic carbocycles. The van der Waals surface area contributed by atoms with E-state index in [9.17, 15) is 9.18 Å². The molecule has 0 aliphatic rings. The maximum absolute atomic E-state index is 13.9. The molecule has 2 heterocycles. The van der Waals surface area contributed by atoms with E-state index >= 15 is 0 Å². The molecule has 102 valence electrons. The van der Waals surface area contributed by atoms with Crippen LogP contribution in [0.5, 0.6) is 0 Å². The maximum Gasteiger partial charge on any atom is 0.307 e. The number of rotatable bonds is 2. The first-order valence-electron chi connectivity index (χ1n) is 6.14. The van der Waals surface area contributed by atoms with Crippen LogP contribution in [-0.4, -0.2) is 25.7 Å². The number of nitrogens with zero attached hydrogens (tertiary/aromatic N) is 3. The van der Waals surface area contributed by atoms with E-state index in [0.717, 1.165) is 0 Å². The Kier molecular flexibility index (Phi) is 2.67. The fourth-order valence-corrected chi connectivity index (χ4v) is 2.44. The van der Waals surface area contributed by atoms with Crippen LogP contribution >= 0.6 is 0 Å². The number of aliphatic carboxylic acids is 1. The summed E-state index contributed by atoms with van der Waals surface area (Å²) in [6.07, 6.45) is -0.126. The van der Waals surface area contributed by atoms with Crippen molar-refractivity contribution in [1.82, 2.24) is 14.6 Å². The second-order valence-corrected chi connectivity index (χ2v) is 4.70. The van der Waals surface area contributed by atoms with Crippen LogP contribution in [-0.2, 0) is 11.2 Å². The lowest BCUT2D eigenvalue weighted by molar-refractivity contribution is -0.136. The predicted octanol–water partition coefficient (Wildman–Crippen LogP) is 2.27. The van der Waals surface area contributed by atoms with Gasteiger partial charge in [0.05, 0.1) is 17.3 Å². The van der Waals surface area contributed by atoms with Crippen molar-refractivity contribution in [2.45, 2.75) is 20.3 Å². The third kappa shape index (κ3) is 1.72. The van der Waals surface area contributed by atoms with Crippen LogP contribution in [0.1, 0.15) is 17.0 Å². The summed E-state index contributed by atoms with van der Waals surface area (Å²) in [6, 6.07) is 4.66. The largest absolute Gasteiger partial charge is 0.481 e. The molecule has 3 aromatic rings. The van der Waals surface area contributed by atoms with Crippen molar-refractivity contribution in [3.05, 3.63) is 41.0 Å². The van der Waals surface area contributed by atoms with Gasteiger partial charge in [-0.05, 0) is 26.0 Å². The van der Waals surface area contributed by atoms with Crippen LogP contribution in [0.15, 0.2) is 18.2 Å². The Morgan fingerprint density at radius 2 is 2.15 bits per heavy atom. The Morgan fingerprint density at radius 1 is 1.40 bits per heavy atom. The number of carboxylic acid groups (broad SMARTS) is 1. The van der Waals surface area contributed by atoms with Crippen LogP contribution in [0, 0.1) is 19.7 Å². The highest BCUT2D eigenvalue weighted by Gasteiger charge is 2.17. The molecule has 0 radical (unpaired) electrons. The van der Waals surface area contributed by atoms with Crippen LogP contribution in [0.2, 0.25) is 0 Å². The van der Waals surface area contributed by atoms with E-state index in [1.165, 1.54) is 10.6 Å². The van der Waals surface area contributed by atoms with Gasteiger partial charge in [-0.3, -0.25) is 4.79 Å². The lowest BCUT2D eigenvalue weighted by Gasteiger charge is -2.08. The van der Waals surface area contributed by atoms with Gasteiger partial charge in [-0.1, -0.05) is 6.07 Å². The van der Waals surface area contributed by atoms with Gasteiger partial charge in [0.25, 0.3) is 0 Å². The molecule has 0 aliphatic carbocycles. The van der Waals surface area contributed by atoms with E-state index < -0.39 is 5.97 Å². The zero-order chi connectivity index (χ0) is 14.4. The number of aryl methyl sites for hydroxylation is 2. The van der Waals surface area contributed by atoms with Gasteiger partial charge in [-0.15, -0.1) is 0 Å². The van der Waals surface area contributed by atoms with Gasteiger partial charge in [0.2, 0.25) is 0 Å². The number of halogens is 1. The summed E-state index contributed by atoms with van der Waals surface area (Å²) in [5.74, 6) is -1.31. The van der Waals surface area contributed by atoms with Gasteiger partial charge in [0.1, 0.15) is 5.82 Å². The average molecular weight is 273 g/mol. The molecule has 0 saturated carbocycles. The van der Waals surface area contributed by atoms with Crippen molar-refractivity contribution in [2.75, 3.05) is 0 Å². The van der Waals surface area contributed by atoms with Crippen molar-refractivity contribution in [1.29, 1.82) is 0 Å². The molecule has 0 atom stereocenters. The molecule has 20 heavy (non-hydrogen) atoms. The fourth-order valence-electron chi connectivity index (χ4n) is 2.44. The minimum atomic E-state index is -0.930. The highest BCUT2D eigenvalue weighted by atomic mass is 19.1. The van der Waals surface area contributed by atoms with Gasteiger partial charge < -0.3 is 5.11 Å². The van der Waals surface area contributed by atoms with E-state index in [1.807, 2.05) is 0 Å². The summed E-state index contributed by atoms with van der Waals surface area (Å²) in [5, 5.41) is 13.6. The first-order valence-corrected chi connectivity index (χ1v) is 6.14. The number of fused-ring (bicyclic) bond motifs is 3. The monoisotopic (exact) mass is 273 g/mol. The predicted molar refractivity (Wildman–Crippen MR) is 71.3 cm³/mol. The number of aromatic nitrogens is 3. The fraction of sp³-hybridized carbons (Fsp3) is 0.214. The maximum atomic E-state index is 13.9. The van der Waals surface area contributed by atoms with Gasteiger partial charge >= 0.3 is 5.97 Å². The quantitative estimate of drug-likeness (QED) is 0.777. The van der Waals surface area contributed by atoms with Gasteiger partial charge in [-0.2, -0.15) is 5.10 Å². The molecule has 3 rings (SSSR count). The summed E-state index contributed by atoms with van der Waals surface area (Å²) in [6.45, 7) is 3.49. The van der Waals surface area contributed by atoms with E-state index in [4.69, 9.17) is 5.11 Å². The zero-order valence-electron chi connectivity index (χ0n) is 11.0. The Hall–Kier alpha value is -2.50. The lowest BCUT2D eigenvalue weighted by Crippen LogP contribution is -2.10. The Balaban J connectivity index is 2.42. The molecule has 0 fully saturated rings. The summed E-state index contributed by atoms with van der Waals surface area (Å²) in [7, 11) is 0. The standard InChI is InChI=1S/C14H12FN3O2/c1-7-9(6-12(19)20)8(2)18-14(16-7)13-10(15)4-3-5-11(13)17-18/h3-5H,6H2,1-2H3,(H,19,20). The van der Waals surface area contributed by atoms with Crippen molar-refractivity contribution in [3.63, 3.8) is 0 Å². The Morgan fingerprint density at radius 3 is 2.85 bits per heavy atom. The Bertz CT molecular complexity index is 855. The van der Waals surface area contributed by atoms with E-state index in [0.29, 0.717) is 33.5 Å². The van der Waals surface area contributed by atoms with E-state index in [-0.39, 0.29) is 12.2 Å². The molecule has 0 aliphatic heterocycles. The number of carbonyl (C=O) groups is 1. The van der Waals surface area contributed by atoms with Crippen LogP contribution in [0.4, 0.5) is 4.39 Å². The molecule has 0 amide bonds. The average Bonchev–Trinajstić information content (AvgIpc) is 2.74. The SMILES string of the molecule is Cc1nc2c3c(F)cccc3nn2c(C)c1CC(=O)O. The molecule has 0 bridgehead atoms. The molecule has 0 saturated heterocycles. The first-order chi connectivity index (χ1) is 9.49. The number of carboxylic acids is 1. The minimum absolute atomic E-state index is 0.126. The van der Waals surface area contributed by atoms with Crippen molar-refractivity contribution in [3.8, 4) is 0 Å². The normalized spacial score (nSPS) is 11.3. The topological polar surface area (TPSA) is 67.5 Å². The highest BCUT2D eigenvalue weighted by molar-refractivity contribution is 5.92. The van der Waals surface area contributed by atoms with Crippen LogP contribution < -0.4 is 0 Å². The minimum Gasteiger partial charge on any atom is -0.481 e. The van der Waals surface area contributed by atoms with E-state index in [1.54, 1.807) is 26.0 Å². The van der Waals surface area contributed by atoms with Crippen molar-refractivity contribution in [2.24, 2.45) is 0 Å². The molecule has 5 nitrogen and oxygen atoms in total. The molecule has 0 spiro atoms. The zero-order valence-corrected chi connectivity index (χ0v) is 11.0. The smallest absolute Gasteiger partial charge is 0.307 e. The van der Waals surface area contributed by atoms with Gasteiger partial charge in [0, 0.05) is 17.0 Å². The third-order valence-electron chi connectivity index (χ3n) is 3.42. The van der Waals surface area contributed by atoms with E-state index in [2.05, 4.69) is 10.1 Å². The van der Waals surface area contributed by atoms with Crippen molar-refractivity contribution >= 4 is 22.5 Å². The molecule has 0 unspecified atom stereocenters. The van der Waals surface area contributed by atoms with Crippen LogP contribution in [0.3, 0.4) is 0 Å². The first kappa shape index (κ1) is 12.5. The number of benzene rings is 1. The summed E-state index contributed by atoms with van der Waals surface area (Å²) >= 11 is 0. The summed E-state index contributed by atoms with van der Waals surface area (Å²) in [5.41, 5.74) is 2.79. The van der Waals surface area contributed by atoms with Gasteiger partial charge in [-0.25, -0.2) is 13.9 Å². The molecule has 6 heteroatoms. The molecular weight excluding hydrogens is 261 g/mol. The Labute approximate surface area is 113 Å². The van der Waals surface area contributed by atoms with Gasteiger partial charge in [0.15, 0.2) is 5.65 Å². The summed E-state index contributed by atoms with van der Waals surface area (Å²) < 4.78 is 15.4. The number of hydrogen-bond donors (Lipinski definition) is 1. The van der Waals surface area contributed by atoms with Crippen molar-refractivity contribution < 1.29 is 14.3 Å². The second-order valence-electron chi connectivity index (χ2n) is 4.70. The third-order valence-corrected chi connectivity index (χ3v) is 3.42. The highest BCUT2D eigenvalue weighted by Crippen LogP contribution is 2.24. The molecular formula is C14H12FN3O2. The summed E-state index contributed by atoms with van der Waals surface area (Å²) in [4.78, 5) is 15.3. The second kappa shape index (κ2) is 4.26. The molecule has 1 N–H and O–H groups in total. The lowest BCUT2D eigenvalue weighted by atomic mass is 10.1. The number of hydrogen-bond acceptors (Lipinski definition) is 3. The van der Waals surface area contributed by atoms with Crippen LogP contribution in [0.25, 0.3) is 16.6 Å². The molecule has 2 aromatic heterocycles.